The van der Waals surface area contributed by atoms with Crippen LogP contribution in [0.2, 0.25) is 0 Å². The molecule has 0 bridgehead atoms. The molecule has 9 nitrogen and oxygen atoms in total. The molecule has 4 aromatic rings. The van der Waals surface area contributed by atoms with E-state index >= 15 is 4.39 Å². The molecule has 5 rings (SSSR count). The van der Waals surface area contributed by atoms with Crippen LogP contribution < -0.4 is 10.5 Å². The molecule has 1 aliphatic rings. The van der Waals surface area contributed by atoms with Crippen molar-refractivity contribution in [3.8, 4) is 22.9 Å². The summed E-state index contributed by atoms with van der Waals surface area (Å²) in [4.78, 5) is 26.1. The number of nitrogens with two attached hydrogens (primary N) is 1. The molecule has 0 saturated carbocycles. The molecule has 2 N–H and O–H groups in total. The van der Waals surface area contributed by atoms with E-state index in [1.807, 2.05) is 0 Å². The SMILES string of the molecule is C=CC(=O)N1CCCC(n2nc(-c3ccc(Oc4ccccc4F)nc3F)c3c(N)ncnc32)C1. The minimum absolute atomic E-state index is 0.0611. The van der Waals surface area contributed by atoms with Crippen molar-refractivity contribution in [2.75, 3.05) is 18.8 Å². The monoisotopic (exact) mass is 477 g/mol. The van der Waals surface area contributed by atoms with Crippen molar-refractivity contribution < 1.29 is 18.3 Å². The van der Waals surface area contributed by atoms with E-state index in [9.17, 15) is 9.18 Å². The second-order valence-corrected chi connectivity index (χ2v) is 8.06. The third-order valence-corrected chi connectivity index (χ3v) is 5.88. The highest BCUT2D eigenvalue weighted by molar-refractivity contribution is 5.98. The number of nitrogen functional groups attached to an aromatic ring is 1. The Balaban J connectivity index is 1.54. The van der Waals surface area contributed by atoms with Crippen LogP contribution in [0.15, 0.2) is 55.4 Å². The number of likely N-dealkylation sites (tertiary alicyclic amines) is 1. The quantitative estimate of drug-likeness (QED) is 0.343. The Morgan fingerprint density at radius 2 is 2.03 bits per heavy atom. The Hall–Kier alpha value is -4.41. The third kappa shape index (κ3) is 4.16. The lowest BCUT2D eigenvalue weighted by Gasteiger charge is -2.32. The number of nitrogens with zero attached hydrogens (tertiary/aromatic N) is 6. The van der Waals surface area contributed by atoms with E-state index in [0.29, 0.717) is 24.1 Å². The number of pyridine rings is 1. The smallest absolute Gasteiger partial charge is 0.246 e. The Labute approximate surface area is 198 Å². The van der Waals surface area contributed by atoms with Crippen molar-refractivity contribution in [2.24, 2.45) is 0 Å². The van der Waals surface area contributed by atoms with Crippen molar-refractivity contribution in [3.05, 3.63) is 67.1 Å². The van der Waals surface area contributed by atoms with Gasteiger partial charge in [0.1, 0.15) is 17.8 Å². The number of carbonyl (C=O) groups is 1. The van der Waals surface area contributed by atoms with Crippen LogP contribution in [0.4, 0.5) is 14.6 Å². The fraction of sp³-hybridized carbons (Fsp3) is 0.208. The van der Waals surface area contributed by atoms with E-state index in [1.165, 1.54) is 42.7 Å². The number of piperidine rings is 1. The summed E-state index contributed by atoms with van der Waals surface area (Å²) >= 11 is 0. The number of anilines is 1. The Bertz CT molecular complexity index is 1440. The zero-order valence-corrected chi connectivity index (χ0v) is 18.6. The third-order valence-electron chi connectivity index (χ3n) is 5.88. The topological polar surface area (TPSA) is 112 Å². The van der Waals surface area contributed by atoms with E-state index < -0.39 is 11.8 Å². The van der Waals surface area contributed by atoms with Gasteiger partial charge < -0.3 is 15.4 Å². The highest BCUT2D eigenvalue weighted by Gasteiger charge is 2.29. The predicted octanol–water partition coefficient (Wildman–Crippen LogP) is 3.89. The lowest BCUT2D eigenvalue weighted by Crippen LogP contribution is -2.40. The highest BCUT2D eigenvalue weighted by atomic mass is 19.1. The Morgan fingerprint density at radius 3 is 2.80 bits per heavy atom. The number of hydrogen-bond donors (Lipinski definition) is 1. The Morgan fingerprint density at radius 1 is 1.20 bits per heavy atom. The predicted molar refractivity (Wildman–Crippen MR) is 124 cm³/mol. The molecule has 3 aromatic heterocycles. The van der Waals surface area contributed by atoms with Gasteiger partial charge >= 0.3 is 0 Å². The van der Waals surface area contributed by atoms with E-state index in [4.69, 9.17) is 10.5 Å². The molecule has 1 saturated heterocycles. The van der Waals surface area contributed by atoms with Gasteiger partial charge in [-0.2, -0.15) is 14.5 Å². The number of para-hydroxylation sites is 1. The van der Waals surface area contributed by atoms with E-state index in [0.717, 1.165) is 12.8 Å². The van der Waals surface area contributed by atoms with Crippen LogP contribution in [-0.4, -0.2) is 48.6 Å². The molecule has 0 aliphatic carbocycles. The molecule has 11 heteroatoms. The summed E-state index contributed by atoms with van der Waals surface area (Å²) in [5, 5.41) is 5.02. The van der Waals surface area contributed by atoms with Gasteiger partial charge in [-0.05, 0) is 37.1 Å². The number of fused-ring (bicyclic) bond motifs is 1. The van der Waals surface area contributed by atoms with Crippen LogP contribution in [0.3, 0.4) is 0 Å². The van der Waals surface area contributed by atoms with Crippen LogP contribution in [0, 0.1) is 11.8 Å². The molecular formula is C24H21F2N7O2. The van der Waals surface area contributed by atoms with Crippen LogP contribution >= 0.6 is 0 Å². The van der Waals surface area contributed by atoms with Crippen molar-refractivity contribution in [2.45, 2.75) is 18.9 Å². The first-order valence-corrected chi connectivity index (χ1v) is 11.0. The molecule has 1 aromatic carbocycles. The van der Waals surface area contributed by atoms with Crippen LogP contribution in [0.1, 0.15) is 18.9 Å². The Kier molecular flexibility index (Phi) is 5.81. The van der Waals surface area contributed by atoms with Crippen LogP contribution in [0.5, 0.6) is 11.6 Å². The van der Waals surface area contributed by atoms with E-state index in [-0.39, 0.29) is 40.7 Å². The van der Waals surface area contributed by atoms with Gasteiger partial charge in [-0.15, -0.1) is 0 Å². The van der Waals surface area contributed by atoms with Gasteiger partial charge in [-0.25, -0.2) is 19.0 Å². The summed E-state index contributed by atoms with van der Waals surface area (Å²) in [7, 11) is 0. The number of hydrogen-bond acceptors (Lipinski definition) is 7. The van der Waals surface area contributed by atoms with Crippen LogP contribution in [0.25, 0.3) is 22.3 Å². The molecule has 4 heterocycles. The summed E-state index contributed by atoms with van der Waals surface area (Å²) in [6.07, 6.45) is 4.10. The van der Waals surface area contributed by atoms with Gasteiger partial charge in [0.05, 0.1) is 17.0 Å². The van der Waals surface area contributed by atoms with Gasteiger partial charge in [-0.1, -0.05) is 18.7 Å². The maximum atomic E-state index is 15.2. The summed E-state index contributed by atoms with van der Waals surface area (Å²) in [5.41, 5.74) is 6.85. The standard InChI is InChI=1S/C24H21F2N7O2/c1-2-19(34)32-11-5-6-14(12-32)33-24-20(23(27)28-13-29-24)21(31-33)15-9-10-18(30-22(15)26)35-17-8-4-3-7-16(17)25/h2-4,7-10,13-14H,1,5-6,11-12H2,(H2,27,28,29). The number of ether oxygens (including phenoxy) is 1. The summed E-state index contributed by atoms with van der Waals surface area (Å²) < 4.78 is 36.1. The molecular weight excluding hydrogens is 456 g/mol. The summed E-state index contributed by atoms with van der Waals surface area (Å²) in [5.74, 6) is -1.69. The first-order valence-electron chi connectivity index (χ1n) is 11.0. The van der Waals surface area contributed by atoms with Crippen molar-refractivity contribution in [1.29, 1.82) is 0 Å². The first-order chi connectivity index (χ1) is 17.0. The lowest BCUT2D eigenvalue weighted by atomic mass is 10.1. The van der Waals surface area contributed by atoms with Crippen molar-refractivity contribution in [3.63, 3.8) is 0 Å². The average molecular weight is 477 g/mol. The molecule has 1 amide bonds. The molecule has 1 unspecified atom stereocenters. The van der Waals surface area contributed by atoms with Gasteiger partial charge in [-0.3, -0.25) is 4.79 Å². The van der Waals surface area contributed by atoms with Gasteiger partial charge in [0.25, 0.3) is 0 Å². The molecule has 0 radical (unpaired) electrons. The average Bonchev–Trinajstić information content (AvgIpc) is 3.26. The molecule has 0 spiro atoms. The van der Waals surface area contributed by atoms with E-state index in [1.54, 1.807) is 15.6 Å². The van der Waals surface area contributed by atoms with Gasteiger partial charge in [0.15, 0.2) is 17.2 Å². The second kappa shape index (κ2) is 9.09. The largest absolute Gasteiger partial charge is 0.436 e. The first kappa shape index (κ1) is 22.4. The molecule has 1 aliphatic heterocycles. The number of halogens is 2. The zero-order chi connectivity index (χ0) is 24.5. The second-order valence-electron chi connectivity index (χ2n) is 8.06. The van der Waals surface area contributed by atoms with Crippen molar-refractivity contribution >= 4 is 22.8 Å². The highest BCUT2D eigenvalue weighted by Crippen LogP contribution is 2.35. The maximum absolute atomic E-state index is 15.2. The molecule has 35 heavy (non-hydrogen) atoms. The lowest BCUT2D eigenvalue weighted by molar-refractivity contribution is -0.127. The normalized spacial score (nSPS) is 15.8. The number of carbonyl (C=O) groups excluding carboxylic acids is 1. The number of benzene rings is 1. The maximum Gasteiger partial charge on any atom is 0.246 e. The minimum Gasteiger partial charge on any atom is -0.436 e. The molecule has 1 fully saturated rings. The zero-order valence-electron chi connectivity index (χ0n) is 18.6. The van der Waals surface area contributed by atoms with Crippen LogP contribution in [-0.2, 0) is 4.79 Å². The van der Waals surface area contributed by atoms with Gasteiger partial charge in [0.2, 0.25) is 17.7 Å². The number of rotatable bonds is 5. The van der Waals surface area contributed by atoms with Crippen molar-refractivity contribution in [1.82, 2.24) is 29.6 Å². The number of amides is 1. The number of aromatic nitrogens is 5. The fourth-order valence-electron chi connectivity index (χ4n) is 4.21. The fourth-order valence-corrected chi connectivity index (χ4v) is 4.21. The summed E-state index contributed by atoms with van der Waals surface area (Å²) in [6.45, 7) is 4.58. The molecule has 178 valence electrons. The van der Waals surface area contributed by atoms with E-state index in [2.05, 4.69) is 26.6 Å². The summed E-state index contributed by atoms with van der Waals surface area (Å²) in [6, 6.07) is 8.42. The molecule has 1 atom stereocenters. The minimum atomic E-state index is -0.874. The van der Waals surface area contributed by atoms with Gasteiger partial charge in [0, 0.05) is 19.2 Å².